The summed E-state index contributed by atoms with van der Waals surface area (Å²) in [5.41, 5.74) is 0. The molecule has 0 aromatic heterocycles. The van der Waals surface area contributed by atoms with E-state index in [0.717, 1.165) is 44.9 Å². The van der Waals surface area contributed by atoms with E-state index >= 15 is 0 Å². The topological polar surface area (TPSA) is 61.8 Å². The minimum absolute atomic E-state index is 0.0893. The van der Waals surface area contributed by atoms with Gasteiger partial charge in [0.05, 0.1) is 6.61 Å². The van der Waals surface area contributed by atoms with E-state index in [4.69, 9.17) is 14.2 Å². The van der Waals surface area contributed by atoms with Gasteiger partial charge in [-0.15, -0.1) is 0 Å². The molecule has 0 aliphatic heterocycles. The normalized spacial score (nSPS) is 12.2. The Morgan fingerprint density at radius 3 is 1.09 bits per heavy atom. The molecule has 64 heavy (non-hydrogen) atoms. The van der Waals surface area contributed by atoms with Gasteiger partial charge in [-0.3, -0.25) is 9.59 Å². The molecule has 0 aromatic rings. The van der Waals surface area contributed by atoms with E-state index in [2.05, 4.69) is 45.1 Å². The Morgan fingerprint density at radius 2 is 0.688 bits per heavy atom. The summed E-state index contributed by atoms with van der Waals surface area (Å²) in [7, 11) is 0. The average molecular weight is 902 g/mol. The van der Waals surface area contributed by atoms with Crippen molar-refractivity contribution in [3.63, 3.8) is 0 Å². The van der Waals surface area contributed by atoms with Crippen LogP contribution in [0.2, 0.25) is 0 Å². The van der Waals surface area contributed by atoms with Gasteiger partial charge in [0.2, 0.25) is 0 Å². The van der Waals surface area contributed by atoms with Crippen LogP contribution in [0, 0.1) is 0 Å². The van der Waals surface area contributed by atoms with Crippen molar-refractivity contribution < 1.29 is 23.8 Å². The lowest BCUT2D eigenvalue weighted by Gasteiger charge is -2.18. The van der Waals surface area contributed by atoms with Gasteiger partial charge in [0.15, 0.2) is 6.10 Å². The minimum atomic E-state index is -0.534. The van der Waals surface area contributed by atoms with Crippen molar-refractivity contribution in [2.24, 2.45) is 0 Å². The number of unbranched alkanes of at least 4 members (excludes halogenated alkanes) is 39. The zero-order valence-corrected chi connectivity index (χ0v) is 43.6. The maximum absolute atomic E-state index is 12.8. The third-order valence-electron chi connectivity index (χ3n) is 13.0. The molecule has 0 saturated heterocycles. The second-order valence-corrected chi connectivity index (χ2v) is 19.6. The molecule has 0 N–H and O–H groups in total. The van der Waals surface area contributed by atoms with E-state index in [1.165, 1.54) is 238 Å². The van der Waals surface area contributed by atoms with Gasteiger partial charge in [0.1, 0.15) is 6.61 Å². The zero-order valence-electron chi connectivity index (χ0n) is 43.6. The van der Waals surface area contributed by atoms with Gasteiger partial charge in [-0.1, -0.05) is 283 Å². The summed E-state index contributed by atoms with van der Waals surface area (Å²) in [5, 5.41) is 0. The average Bonchev–Trinajstić information content (AvgIpc) is 3.30. The largest absolute Gasteiger partial charge is 0.462 e. The zero-order chi connectivity index (χ0) is 46.3. The van der Waals surface area contributed by atoms with Crippen molar-refractivity contribution in [2.45, 2.75) is 322 Å². The molecule has 0 spiro atoms. The standard InChI is InChI=1S/C59H112O5/c1-4-7-10-13-16-19-22-25-28-29-30-31-33-34-37-40-43-46-49-52-58(60)63-56-57(55-62-54-51-48-45-42-39-36-27-24-21-18-15-12-9-6-3)64-59(61)53-50-47-44-41-38-35-32-26-23-20-17-14-11-8-5-2/h12,15,21,24,57H,4-11,13-14,16-20,22-23,25-56H2,1-3H3/b15-12-,24-21-. The quantitative estimate of drug-likeness (QED) is 0.0346. The first-order valence-electron chi connectivity index (χ1n) is 28.9. The van der Waals surface area contributed by atoms with Crippen LogP contribution in [0.3, 0.4) is 0 Å². The Kier molecular flexibility index (Phi) is 54.3. The first kappa shape index (κ1) is 62.4. The van der Waals surface area contributed by atoms with Crippen molar-refractivity contribution in [3.8, 4) is 0 Å². The fraction of sp³-hybridized carbons (Fsp3) is 0.898. The number of hydrogen-bond acceptors (Lipinski definition) is 5. The number of carbonyl (C=O) groups is 2. The summed E-state index contributed by atoms with van der Waals surface area (Å²) < 4.78 is 17.5. The van der Waals surface area contributed by atoms with Crippen LogP contribution in [0.1, 0.15) is 316 Å². The van der Waals surface area contributed by atoms with Crippen LogP contribution >= 0.6 is 0 Å². The van der Waals surface area contributed by atoms with Gasteiger partial charge in [-0.2, -0.15) is 0 Å². The molecule has 1 atom stereocenters. The van der Waals surface area contributed by atoms with Crippen LogP contribution in [-0.4, -0.2) is 37.9 Å². The smallest absolute Gasteiger partial charge is 0.306 e. The molecule has 0 aromatic carbocycles. The number of esters is 2. The van der Waals surface area contributed by atoms with E-state index in [1.807, 2.05) is 0 Å². The second kappa shape index (κ2) is 55.7. The van der Waals surface area contributed by atoms with E-state index in [-0.39, 0.29) is 25.2 Å². The molecule has 0 aliphatic rings. The molecule has 0 aliphatic carbocycles. The molecule has 378 valence electrons. The van der Waals surface area contributed by atoms with Gasteiger partial charge in [-0.25, -0.2) is 0 Å². The molecule has 0 fully saturated rings. The molecular formula is C59H112O5. The minimum Gasteiger partial charge on any atom is -0.462 e. The van der Waals surface area contributed by atoms with Crippen LogP contribution in [0.4, 0.5) is 0 Å². The molecule has 0 saturated carbocycles. The molecule has 0 rings (SSSR count). The van der Waals surface area contributed by atoms with Gasteiger partial charge in [0.25, 0.3) is 0 Å². The van der Waals surface area contributed by atoms with E-state index in [1.54, 1.807) is 0 Å². The maximum atomic E-state index is 12.8. The lowest BCUT2D eigenvalue weighted by molar-refractivity contribution is -0.163. The van der Waals surface area contributed by atoms with E-state index in [0.29, 0.717) is 19.4 Å². The predicted octanol–water partition coefficient (Wildman–Crippen LogP) is 19.6. The maximum Gasteiger partial charge on any atom is 0.306 e. The van der Waals surface area contributed by atoms with Crippen molar-refractivity contribution in [1.82, 2.24) is 0 Å². The highest BCUT2D eigenvalue weighted by Gasteiger charge is 2.17. The highest BCUT2D eigenvalue weighted by Crippen LogP contribution is 2.17. The Hall–Kier alpha value is -1.62. The first-order valence-corrected chi connectivity index (χ1v) is 28.9. The second-order valence-electron chi connectivity index (χ2n) is 19.6. The number of ether oxygens (including phenoxy) is 3. The van der Waals surface area contributed by atoms with Gasteiger partial charge in [-0.05, 0) is 44.9 Å². The van der Waals surface area contributed by atoms with E-state index in [9.17, 15) is 9.59 Å². The van der Waals surface area contributed by atoms with Crippen molar-refractivity contribution in [1.29, 1.82) is 0 Å². The Balaban J connectivity index is 4.19. The van der Waals surface area contributed by atoms with E-state index < -0.39 is 6.10 Å². The third kappa shape index (κ3) is 53.0. The lowest BCUT2D eigenvalue weighted by Crippen LogP contribution is -2.30. The molecule has 0 radical (unpaired) electrons. The van der Waals surface area contributed by atoms with Crippen molar-refractivity contribution in [3.05, 3.63) is 24.3 Å². The lowest BCUT2D eigenvalue weighted by atomic mass is 10.0. The van der Waals surface area contributed by atoms with Gasteiger partial charge in [0, 0.05) is 19.4 Å². The van der Waals surface area contributed by atoms with Crippen LogP contribution in [0.5, 0.6) is 0 Å². The molecule has 5 nitrogen and oxygen atoms in total. The predicted molar refractivity (Wildman–Crippen MR) is 279 cm³/mol. The first-order chi connectivity index (χ1) is 31.6. The summed E-state index contributed by atoms with van der Waals surface area (Å²) in [6.07, 6.45) is 66.3. The molecular weight excluding hydrogens is 789 g/mol. The monoisotopic (exact) mass is 901 g/mol. The summed E-state index contributed by atoms with van der Waals surface area (Å²) in [6.45, 7) is 7.82. The number of rotatable bonds is 54. The number of allylic oxidation sites excluding steroid dienone is 4. The summed E-state index contributed by atoms with van der Waals surface area (Å²) >= 11 is 0. The van der Waals surface area contributed by atoms with Crippen molar-refractivity contribution in [2.75, 3.05) is 19.8 Å². The fourth-order valence-electron chi connectivity index (χ4n) is 8.67. The van der Waals surface area contributed by atoms with Crippen LogP contribution < -0.4 is 0 Å². The SMILES string of the molecule is CCC/C=C\C/C=C\CCCCCCCCOCC(COC(=O)CCCCCCCCCCCCCCCCCCCCC)OC(=O)CCCCCCCCCCCCCCCCC. The molecule has 0 heterocycles. The summed E-state index contributed by atoms with van der Waals surface area (Å²) in [5.74, 6) is -0.379. The van der Waals surface area contributed by atoms with Crippen LogP contribution in [-0.2, 0) is 23.8 Å². The van der Waals surface area contributed by atoms with Crippen LogP contribution in [0.15, 0.2) is 24.3 Å². The highest BCUT2D eigenvalue weighted by molar-refractivity contribution is 5.70. The molecule has 1 unspecified atom stereocenters. The van der Waals surface area contributed by atoms with Crippen molar-refractivity contribution >= 4 is 11.9 Å². The van der Waals surface area contributed by atoms with Gasteiger partial charge >= 0.3 is 11.9 Å². The number of carbonyl (C=O) groups excluding carboxylic acids is 2. The molecule has 5 heteroatoms. The summed E-state index contributed by atoms with van der Waals surface area (Å²) in [4.78, 5) is 25.5. The molecule has 0 bridgehead atoms. The fourth-order valence-corrected chi connectivity index (χ4v) is 8.67. The molecule has 0 amide bonds. The third-order valence-corrected chi connectivity index (χ3v) is 13.0. The Morgan fingerprint density at radius 1 is 0.344 bits per heavy atom. The van der Waals surface area contributed by atoms with Crippen LogP contribution in [0.25, 0.3) is 0 Å². The number of hydrogen-bond donors (Lipinski definition) is 0. The summed E-state index contributed by atoms with van der Waals surface area (Å²) in [6, 6.07) is 0. The highest BCUT2D eigenvalue weighted by atomic mass is 16.6. The van der Waals surface area contributed by atoms with Gasteiger partial charge < -0.3 is 14.2 Å². The Labute approximate surface area is 400 Å². The Bertz CT molecular complexity index is 974.